The fourth-order valence-corrected chi connectivity index (χ4v) is 5.97. The number of hydrogen-bond donors (Lipinski definition) is 0. The highest BCUT2D eigenvalue weighted by molar-refractivity contribution is 7.92. The first-order valence-corrected chi connectivity index (χ1v) is 11.3. The number of benzene rings is 2. The van der Waals surface area contributed by atoms with Crippen LogP contribution in [0.5, 0.6) is 0 Å². The van der Waals surface area contributed by atoms with Gasteiger partial charge in [0.25, 0.3) is 0 Å². The average molecular weight is 434 g/mol. The van der Waals surface area contributed by atoms with E-state index in [2.05, 4.69) is 4.37 Å². The van der Waals surface area contributed by atoms with Gasteiger partial charge in [0.2, 0.25) is 14.8 Å². The maximum absolute atomic E-state index is 15.4. The van der Waals surface area contributed by atoms with Gasteiger partial charge in [-0.05, 0) is 54.0 Å². The molecule has 2 aromatic carbocycles. The first-order chi connectivity index (χ1) is 13.8. The minimum atomic E-state index is -4.17. The van der Waals surface area contributed by atoms with E-state index in [4.69, 9.17) is 5.26 Å². The molecule has 0 N–H and O–H groups in total. The van der Waals surface area contributed by atoms with E-state index in [9.17, 15) is 12.8 Å². The molecular formula is C20H17F2N3O2S2. The number of likely N-dealkylation sites (tertiary alicyclic amines) is 1. The van der Waals surface area contributed by atoms with Crippen molar-refractivity contribution in [2.75, 3.05) is 13.1 Å². The predicted octanol–water partition coefficient (Wildman–Crippen LogP) is 4.04. The Morgan fingerprint density at radius 1 is 1.17 bits per heavy atom. The fourth-order valence-electron chi connectivity index (χ4n) is 3.52. The van der Waals surface area contributed by atoms with Crippen LogP contribution < -0.4 is 0 Å². The SMILES string of the molecule is N#Cc1ccc(S(=O)(=O)C2(F)CCN(Cc3nsc4cc(F)ccc34)CC2)cc1. The highest BCUT2D eigenvalue weighted by atomic mass is 32.2. The number of nitriles is 1. The maximum Gasteiger partial charge on any atom is 0.217 e. The molecule has 1 fully saturated rings. The van der Waals surface area contributed by atoms with Crippen molar-refractivity contribution in [3.05, 3.63) is 59.5 Å². The number of nitrogens with zero attached hydrogens (tertiary/aromatic N) is 3. The van der Waals surface area contributed by atoms with Crippen LogP contribution in [-0.4, -0.2) is 35.8 Å². The molecule has 0 amide bonds. The number of aromatic nitrogens is 1. The molecule has 0 unspecified atom stereocenters. The second kappa shape index (κ2) is 7.44. The Labute approximate surface area is 171 Å². The van der Waals surface area contributed by atoms with Crippen molar-refractivity contribution in [1.82, 2.24) is 9.27 Å². The molecule has 0 radical (unpaired) electrons. The average Bonchev–Trinajstić information content (AvgIpc) is 3.11. The fraction of sp³-hybridized carbons (Fsp3) is 0.300. The molecule has 150 valence electrons. The van der Waals surface area contributed by atoms with Crippen molar-refractivity contribution in [1.29, 1.82) is 5.26 Å². The monoisotopic (exact) mass is 433 g/mol. The quantitative estimate of drug-likeness (QED) is 0.621. The van der Waals surface area contributed by atoms with E-state index in [0.29, 0.717) is 12.1 Å². The highest BCUT2D eigenvalue weighted by Crippen LogP contribution is 2.37. The zero-order valence-electron chi connectivity index (χ0n) is 15.3. The van der Waals surface area contributed by atoms with Crippen molar-refractivity contribution in [2.24, 2.45) is 0 Å². The van der Waals surface area contributed by atoms with E-state index >= 15 is 4.39 Å². The Morgan fingerprint density at radius 3 is 2.52 bits per heavy atom. The van der Waals surface area contributed by atoms with Crippen molar-refractivity contribution < 1.29 is 17.2 Å². The Morgan fingerprint density at radius 2 is 1.86 bits per heavy atom. The zero-order valence-corrected chi connectivity index (χ0v) is 16.9. The van der Waals surface area contributed by atoms with E-state index in [0.717, 1.165) is 15.8 Å². The van der Waals surface area contributed by atoms with Crippen molar-refractivity contribution >= 4 is 31.5 Å². The highest BCUT2D eigenvalue weighted by Gasteiger charge is 2.47. The van der Waals surface area contributed by atoms with Crippen LogP contribution in [0, 0.1) is 17.1 Å². The summed E-state index contributed by atoms with van der Waals surface area (Å²) in [4.78, 5) is 1.85. The van der Waals surface area contributed by atoms with Gasteiger partial charge in [-0.3, -0.25) is 4.90 Å². The van der Waals surface area contributed by atoms with E-state index in [1.165, 1.54) is 47.9 Å². The molecule has 29 heavy (non-hydrogen) atoms. The molecule has 4 rings (SSSR count). The summed E-state index contributed by atoms with van der Waals surface area (Å²) in [6, 6.07) is 11.7. The standard InChI is InChI=1S/C20H17F2N3O2S2/c21-15-3-6-17-18(24-28-19(17)11-15)13-25-9-7-20(22,8-10-25)29(26,27)16-4-1-14(12-23)2-5-16/h1-6,11H,7-10,13H2. The van der Waals surface area contributed by atoms with E-state index in [1.807, 2.05) is 11.0 Å². The van der Waals surface area contributed by atoms with Crippen LogP contribution >= 0.6 is 11.5 Å². The third-order valence-corrected chi connectivity index (χ3v) is 8.37. The number of piperidine rings is 1. The van der Waals surface area contributed by atoms with Crippen LogP contribution in [0.3, 0.4) is 0 Å². The van der Waals surface area contributed by atoms with Gasteiger partial charge >= 0.3 is 0 Å². The summed E-state index contributed by atoms with van der Waals surface area (Å²) in [5.41, 5.74) is 1.10. The third kappa shape index (κ3) is 3.64. The molecular weight excluding hydrogens is 416 g/mol. The molecule has 5 nitrogen and oxygen atoms in total. The second-order valence-electron chi connectivity index (χ2n) is 7.07. The summed E-state index contributed by atoms with van der Waals surface area (Å²) >= 11 is 1.21. The van der Waals surface area contributed by atoms with Crippen LogP contribution in [0.25, 0.3) is 10.1 Å². The van der Waals surface area contributed by atoms with Gasteiger partial charge in [-0.1, -0.05) is 0 Å². The van der Waals surface area contributed by atoms with Crippen molar-refractivity contribution in [3.63, 3.8) is 0 Å². The molecule has 2 heterocycles. The molecule has 1 saturated heterocycles. The van der Waals surface area contributed by atoms with E-state index in [1.54, 1.807) is 6.07 Å². The molecule has 0 atom stereocenters. The van der Waals surface area contributed by atoms with Crippen molar-refractivity contribution in [3.8, 4) is 6.07 Å². The molecule has 3 aromatic rings. The van der Waals surface area contributed by atoms with Crippen LogP contribution in [0.1, 0.15) is 24.1 Å². The summed E-state index contributed by atoms with van der Waals surface area (Å²) in [5.74, 6) is -0.319. The molecule has 0 aliphatic carbocycles. The maximum atomic E-state index is 15.4. The number of rotatable bonds is 4. The van der Waals surface area contributed by atoms with Gasteiger partial charge in [0, 0.05) is 37.9 Å². The van der Waals surface area contributed by atoms with Crippen LogP contribution in [0.15, 0.2) is 47.4 Å². The smallest absolute Gasteiger partial charge is 0.217 e. The zero-order chi connectivity index (χ0) is 20.6. The topological polar surface area (TPSA) is 74.1 Å². The Balaban J connectivity index is 1.48. The van der Waals surface area contributed by atoms with Gasteiger partial charge in [-0.2, -0.15) is 9.64 Å². The number of alkyl halides is 1. The summed E-state index contributed by atoms with van der Waals surface area (Å²) in [6.45, 7) is 0.997. The minimum absolute atomic E-state index is 0.111. The van der Waals surface area contributed by atoms with Crippen LogP contribution in [-0.2, 0) is 16.4 Å². The van der Waals surface area contributed by atoms with Crippen LogP contribution in [0.2, 0.25) is 0 Å². The van der Waals surface area contributed by atoms with E-state index < -0.39 is 14.8 Å². The lowest BCUT2D eigenvalue weighted by molar-refractivity contribution is 0.115. The summed E-state index contributed by atoms with van der Waals surface area (Å²) in [6.07, 6.45) is -0.294. The molecule has 0 spiro atoms. The minimum Gasteiger partial charge on any atom is -0.297 e. The molecule has 1 aliphatic rings. The van der Waals surface area contributed by atoms with Gasteiger partial charge in [0.1, 0.15) is 5.82 Å². The molecule has 1 aliphatic heterocycles. The Kier molecular flexibility index (Phi) is 5.11. The summed E-state index contributed by atoms with van der Waals surface area (Å²) in [7, 11) is -4.17. The molecule has 1 aromatic heterocycles. The van der Waals surface area contributed by atoms with Gasteiger partial charge < -0.3 is 0 Å². The summed E-state index contributed by atoms with van der Waals surface area (Å²) < 4.78 is 59.5. The summed E-state index contributed by atoms with van der Waals surface area (Å²) in [5, 5.41) is 7.36. The number of halogens is 2. The number of fused-ring (bicyclic) bond motifs is 1. The van der Waals surface area contributed by atoms with Gasteiger partial charge in [-0.25, -0.2) is 17.2 Å². The predicted molar refractivity (Wildman–Crippen MR) is 106 cm³/mol. The lowest BCUT2D eigenvalue weighted by Gasteiger charge is -2.35. The first-order valence-electron chi connectivity index (χ1n) is 9.02. The Bertz CT molecular complexity index is 1190. The van der Waals surface area contributed by atoms with Gasteiger partial charge in [0.15, 0.2) is 0 Å². The number of hydrogen-bond acceptors (Lipinski definition) is 6. The Hall–Kier alpha value is -2.41. The first kappa shape index (κ1) is 19.9. The van der Waals surface area contributed by atoms with Gasteiger partial charge in [0.05, 0.1) is 26.9 Å². The second-order valence-corrected chi connectivity index (χ2v) is 10.1. The molecule has 0 bridgehead atoms. The van der Waals surface area contributed by atoms with E-state index in [-0.39, 0.29) is 36.6 Å². The largest absolute Gasteiger partial charge is 0.297 e. The van der Waals surface area contributed by atoms with Crippen LogP contribution in [0.4, 0.5) is 8.78 Å². The van der Waals surface area contributed by atoms with Gasteiger partial charge in [-0.15, -0.1) is 0 Å². The molecule has 9 heteroatoms. The third-order valence-electron chi connectivity index (χ3n) is 5.26. The molecule has 0 saturated carbocycles. The lowest BCUT2D eigenvalue weighted by Crippen LogP contribution is -2.46. The van der Waals surface area contributed by atoms with Crippen molar-refractivity contribution in [2.45, 2.75) is 29.3 Å². The number of sulfone groups is 1. The normalized spacial score (nSPS) is 17.3. The lowest BCUT2D eigenvalue weighted by atomic mass is 10.1.